The summed E-state index contributed by atoms with van der Waals surface area (Å²) in [6, 6.07) is 11.0. The summed E-state index contributed by atoms with van der Waals surface area (Å²) in [6.45, 7) is 8.93. The first-order valence-electron chi connectivity index (χ1n) is 13.5. The molecule has 0 N–H and O–H groups in total. The second-order valence-electron chi connectivity index (χ2n) is 9.96. The van der Waals surface area contributed by atoms with Gasteiger partial charge in [0, 0.05) is 0 Å². The summed E-state index contributed by atoms with van der Waals surface area (Å²) >= 11 is 0. The number of halogens is 1. The van der Waals surface area contributed by atoms with Crippen LogP contribution in [0.3, 0.4) is 0 Å². The number of unbranched alkanes of at least 4 members (excludes halogenated alkanes) is 7. The van der Waals surface area contributed by atoms with Crippen molar-refractivity contribution in [1.82, 2.24) is 0 Å². The van der Waals surface area contributed by atoms with Crippen LogP contribution in [-0.4, -0.2) is 30.9 Å². The average Bonchev–Trinajstić information content (AvgIpc) is 3.67. The van der Waals surface area contributed by atoms with E-state index in [9.17, 15) is 9.18 Å². The van der Waals surface area contributed by atoms with E-state index >= 15 is 0 Å². The van der Waals surface area contributed by atoms with Crippen molar-refractivity contribution in [2.45, 2.75) is 97.4 Å². The first kappa shape index (κ1) is 28.0. The molecule has 198 valence electrons. The van der Waals surface area contributed by atoms with Gasteiger partial charge in [0.25, 0.3) is 0 Å². The van der Waals surface area contributed by atoms with E-state index in [1.807, 2.05) is 6.92 Å². The molecule has 0 saturated carbocycles. The smallest absolute Gasteiger partial charge is 0.343 e. The normalized spacial score (nSPS) is 17.6. The second-order valence-corrected chi connectivity index (χ2v) is 9.96. The van der Waals surface area contributed by atoms with Gasteiger partial charge in [0.2, 0.25) is 0 Å². The minimum atomic E-state index is -0.633. The average molecular weight is 501 g/mol. The molecule has 0 unspecified atom stereocenters. The Morgan fingerprint density at radius 1 is 0.889 bits per heavy atom. The number of epoxide rings is 1. The van der Waals surface area contributed by atoms with Crippen LogP contribution in [0.25, 0.3) is 0 Å². The highest BCUT2D eigenvalue weighted by atomic mass is 19.1. The fourth-order valence-corrected chi connectivity index (χ4v) is 4.24. The van der Waals surface area contributed by atoms with Gasteiger partial charge in [0.05, 0.1) is 18.3 Å². The summed E-state index contributed by atoms with van der Waals surface area (Å²) in [5.41, 5.74) is 0.116. The van der Waals surface area contributed by atoms with Crippen molar-refractivity contribution in [3.63, 3.8) is 0 Å². The summed E-state index contributed by atoms with van der Waals surface area (Å²) in [7, 11) is 0. The van der Waals surface area contributed by atoms with Crippen LogP contribution in [0.5, 0.6) is 17.2 Å². The molecule has 0 radical (unpaired) electrons. The molecule has 3 atom stereocenters. The lowest BCUT2D eigenvalue weighted by Crippen LogP contribution is -2.23. The first-order valence-corrected chi connectivity index (χ1v) is 13.5. The lowest BCUT2D eigenvalue weighted by Gasteiger charge is -2.14. The number of benzene rings is 2. The molecule has 3 rings (SSSR count). The molecule has 5 nitrogen and oxygen atoms in total. The number of hydrogen-bond acceptors (Lipinski definition) is 5. The molecule has 0 aliphatic carbocycles. The molecule has 1 saturated heterocycles. The molecule has 0 amide bonds. The van der Waals surface area contributed by atoms with Gasteiger partial charge in [0.15, 0.2) is 11.6 Å². The molecule has 0 spiro atoms. The van der Waals surface area contributed by atoms with Crippen LogP contribution in [0.4, 0.5) is 4.39 Å². The Bertz CT molecular complexity index is 943. The van der Waals surface area contributed by atoms with Gasteiger partial charge in [0.1, 0.15) is 23.7 Å². The van der Waals surface area contributed by atoms with Gasteiger partial charge < -0.3 is 18.9 Å². The van der Waals surface area contributed by atoms with E-state index in [0.29, 0.717) is 18.3 Å². The van der Waals surface area contributed by atoms with Crippen molar-refractivity contribution < 1.29 is 28.1 Å². The Morgan fingerprint density at radius 2 is 1.53 bits per heavy atom. The van der Waals surface area contributed by atoms with Crippen LogP contribution in [-0.2, 0) is 4.74 Å². The zero-order chi connectivity index (χ0) is 25.9. The van der Waals surface area contributed by atoms with Crippen molar-refractivity contribution in [3.8, 4) is 17.2 Å². The van der Waals surface area contributed by atoms with Crippen LogP contribution in [0, 0.1) is 11.7 Å². The summed E-state index contributed by atoms with van der Waals surface area (Å²) in [6.07, 6.45) is 9.86. The van der Waals surface area contributed by atoms with E-state index in [1.165, 1.54) is 57.1 Å². The molecule has 1 aliphatic rings. The lowest BCUT2D eigenvalue weighted by molar-refractivity contribution is 0.0734. The third kappa shape index (κ3) is 8.81. The van der Waals surface area contributed by atoms with Gasteiger partial charge in [-0.05, 0) is 61.7 Å². The van der Waals surface area contributed by atoms with Crippen LogP contribution >= 0.6 is 0 Å². The van der Waals surface area contributed by atoms with E-state index < -0.39 is 11.8 Å². The lowest BCUT2D eigenvalue weighted by atomic mass is 10.1. The molecule has 0 bridgehead atoms. The molecule has 36 heavy (non-hydrogen) atoms. The van der Waals surface area contributed by atoms with Crippen LogP contribution < -0.4 is 14.2 Å². The Labute approximate surface area is 215 Å². The maximum absolute atomic E-state index is 14.6. The first-order chi connectivity index (χ1) is 17.4. The zero-order valence-corrected chi connectivity index (χ0v) is 22.1. The van der Waals surface area contributed by atoms with Gasteiger partial charge in [-0.15, -0.1) is 0 Å². The molecule has 1 aliphatic heterocycles. The highest BCUT2D eigenvalue weighted by molar-refractivity contribution is 5.91. The van der Waals surface area contributed by atoms with Gasteiger partial charge in [-0.25, -0.2) is 9.18 Å². The summed E-state index contributed by atoms with van der Waals surface area (Å²) in [5, 5.41) is 0. The highest BCUT2D eigenvalue weighted by Gasteiger charge is 2.46. The Balaban J connectivity index is 1.39. The van der Waals surface area contributed by atoms with Crippen molar-refractivity contribution >= 4 is 5.97 Å². The molecular weight excluding hydrogens is 459 g/mol. The fourth-order valence-electron chi connectivity index (χ4n) is 4.24. The number of rotatable bonds is 16. The molecular formula is C30H41FO5. The largest absolute Gasteiger partial charge is 0.494 e. The number of hydrogen-bond donors (Lipinski definition) is 0. The number of ether oxygens (including phenoxy) is 4. The molecule has 2 aromatic rings. The minimum Gasteiger partial charge on any atom is -0.494 e. The maximum atomic E-state index is 14.6. The highest BCUT2D eigenvalue weighted by Crippen LogP contribution is 2.34. The van der Waals surface area contributed by atoms with Crippen LogP contribution in [0.2, 0.25) is 0 Å². The Kier molecular flexibility index (Phi) is 11.1. The number of carbonyl (C=O) groups is 1. The molecule has 2 aromatic carbocycles. The van der Waals surface area contributed by atoms with Crippen LogP contribution in [0.15, 0.2) is 42.5 Å². The summed E-state index contributed by atoms with van der Waals surface area (Å²) < 4.78 is 37.1. The number of carbonyl (C=O) groups excluding carboxylic acids is 1. The van der Waals surface area contributed by atoms with Gasteiger partial charge in [-0.3, -0.25) is 0 Å². The quantitative estimate of drug-likeness (QED) is 0.102. The summed E-state index contributed by atoms with van der Waals surface area (Å²) in [5.74, 6) is 0.348. The second kappa shape index (κ2) is 14.2. The SMILES string of the molecule is CCCCCCCCCCOc1ccc(OC(=O)c2ccc(O[C@@H](C)[C@@H]3O[C@H]3C(C)C)c(F)c2)cc1. The molecule has 1 heterocycles. The standard InChI is InChI=1S/C30H41FO5/c1-5-6-7-8-9-10-11-12-19-33-24-14-16-25(17-15-24)35-30(32)23-13-18-27(26(31)20-23)34-22(4)29-28(36-29)21(2)3/h13-18,20-22,28-29H,5-12,19H2,1-4H3/t22-,28-,29-/m0/s1. The van der Waals surface area contributed by atoms with E-state index in [-0.39, 0.29) is 29.6 Å². The van der Waals surface area contributed by atoms with Crippen molar-refractivity contribution in [2.24, 2.45) is 5.92 Å². The third-order valence-electron chi connectivity index (χ3n) is 6.46. The van der Waals surface area contributed by atoms with Crippen LogP contribution in [0.1, 0.15) is 89.4 Å². The molecule has 6 heteroatoms. The van der Waals surface area contributed by atoms with Gasteiger partial charge >= 0.3 is 5.97 Å². The van der Waals surface area contributed by atoms with Gasteiger partial charge in [-0.1, -0.05) is 65.7 Å². The monoisotopic (exact) mass is 500 g/mol. The van der Waals surface area contributed by atoms with E-state index in [0.717, 1.165) is 18.2 Å². The van der Waals surface area contributed by atoms with Crippen molar-refractivity contribution in [2.75, 3.05) is 6.61 Å². The maximum Gasteiger partial charge on any atom is 0.343 e. The van der Waals surface area contributed by atoms with E-state index in [1.54, 1.807) is 24.3 Å². The topological polar surface area (TPSA) is 57.3 Å². The predicted molar refractivity (Wildman–Crippen MR) is 139 cm³/mol. The molecule has 1 fully saturated rings. The Morgan fingerprint density at radius 3 is 2.14 bits per heavy atom. The third-order valence-corrected chi connectivity index (χ3v) is 6.46. The van der Waals surface area contributed by atoms with Gasteiger partial charge in [-0.2, -0.15) is 0 Å². The Hall–Kier alpha value is -2.60. The predicted octanol–water partition coefficient (Wildman–Crippen LogP) is 7.76. The fraction of sp³-hybridized carbons (Fsp3) is 0.567. The van der Waals surface area contributed by atoms with Crippen molar-refractivity contribution in [3.05, 3.63) is 53.8 Å². The minimum absolute atomic E-state index is 0.0405. The molecule has 0 aromatic heterocycles. The summed E-state index contributed by atoms with van der Waals surface area (Å²) in [4.78, 5) is 12.5. The van der Waals surface area contributed by atoms with E-state index in [4.69, 9.17) is 18.9 Å². The van der Waals surface area contributed by atoms with Crippen molar-refractivity contribution in [1.29, 1.82) is 0 Å². The zero-order valence-electron chi connectivity index (χ0n) is 22.1. The van der Waals surface area contributed by atoms with E-state index in [2.05, 4.69) is 20.8 Å². The number of esters is 1.